The number of carbonyl (C=O) groups excluding carboxylic acids is 2. The first-order valence-corrected chi connectivity index (χ1v) is 15.0. The number of benzene rings is 2. The molecule has 0 aliphatic rings. The summed E-state index contributed by atoms with van der Waals surface area (Å²) in [7, 11) is 0. The van der Waals surface area contributed by atoms with Crippen molar-refractivity contribution in [3.8, 4) is 28.0 Å². The second-order valence-electron chi connectivity index (χ2n) is 9.37. The van der Waals surface area contributed by atoms with E-state index in [1.165, 1.54) is 33.6 Å². The van der Waals surface area contributed by atoms with Crippen molar-refractivity contribution in [3.05, 3.63) is 87.1 Å². The van der Waals surface area contributed by atoms with E-state index >= 15 is 0 Å². The summed E-state index contributed by atoms with van der Waals surface area (Å²) < 4.78 is 12.3. The Hall–Kier alpha value is -4.28. The van der Waals surface area contributed by atoms with Gasteiger partial charge in [-0.05, 0) is 43.5 Å². The number of nitrogens with zero attached hydrogens (tertiary/aromatic N) is 2. The lowest BCUT2D eigenvalue weighted by Crippen LogP contribution is -2.28. The molecule has 3 heterocycles. The Morgan fingerprint density at radius 3 is 2.34 bits per heavy atom. The normalized spacial score (nSPS) is 11.0. The molecule has 0 spiro atoms. The van der Waals surface area contributed by atoms with Crippen molar-refractivity contribution in [2.24, 2.45) is 0 Å². The van der Waals surface area contributed by atoms with Crippen LogP contribution in [-0.2, 0) is 16.1 Å². The molecule has 1 N–H and O–H groups in total. The third kappa shape index (κ3) is 6.08. The lowest BCUT2D eigenvalue weighted by atomic mass is 10.0. The van der Waals surface area contributed by atoms with Crippen LogP contribution in [0, 0.1) is 6.92 Å². The monoisotopic (exact) mass is 587 g/mol. The number of aryl methyl sites for hydroxylation is 1. The number of anilines is 1. The van der Waals surface area contributed by atoms with Crippen molar-refractivity contribution in [1.29, 1.82) is 0 Å². The van der Waals surface area contributed by atoms with Gasteiger partial charge in [0.2, 0.25) is 5.91 Å². The maximum absolute atomic E-state index is 13.5. The summed E-state index contributed by atoms with van der Waals surface area (Å²) >= 11 is 2.61. The molecule has 41 heavy (non-hydrogen) atoms. The summed E-state index contributed by atoms with van der Waals surface area (Å²) in [6.45, 7) is 6.34. The minimum Gasteiger partial charge on any atom is -0.494 e. The van der Waals surface area contributed by atoms with E-state index in [-0.39, 0.29) is 18.7 Å². The van der Waals surface area contributed by atoms with Crippen LogP contribution in [0.5, 0.6) is 5.75 Å². The highest BCUT2D eigenvalue weighted by Crippen LogP contribution is 2.36. The van der Waals surface area contributed by atoms with E-state index in [0.29, 0.717) is 33.0 Å². The first-order valence-electron chi connectivity index (χ1n) is 13.2. The molecule has 0 radical (unpaired) electrons. The van der Waals surface area contributed by atoms with Gasteiger partial charge in [0.1, 0.15) is 27.7 Å². The van der Waals surface area contributed by atoms with Crippen molar-refractivity contribution in [2.75, 3.05) is 18.5 Å². The Morgan fingerprint density at radius 1 is 0.951 bits per heavy atom. The molecule has 5 aromatic rings. The van der Waals surface area contributed by atoms with Crippen LogP contribution < -0.4 is 15.6 Å². The second-order valence-corrected chi connectivity index (χ2v) is 11.1. The van der Waals surface area contributed by atoms with Crippen LogP contribution in [0.2, 0.25) is 0 Å². The summed E-state index contributed by atoms with van der Waals surface area (Å²) in [4.78, 5) is 44.6. The molecule has 8 nitrogen and oxygen atoms in total. The molecule has 210 valence electrons. The third-order valence-corrected chi connectivity index (χ3v) is 8.18. The number of amides is 1. The van der Waals surface area contributed by atoms with Crippen molar-refractivity contribution in [2.45, 2.75) is 33.7 Å². The van der Waals surface area contributed by atoms with Crippen LogP contribution in [0.1, 0.15) is 36.2 Å². The van der Waals surface area contributed by atoms with Gasteiger partial charge in [0.05, 0.1) is 24.9 Å². The van der Waals surface area contributed by atoms with Crippen LogP contribution in [0.4, 0.5) is 5.00 Å². The van der Waals surface area contributed by atoms with Gasteiger partial charge in [0.15, 0.2) is 0 Å². The molecule has 0 atom stereocenters. The number of hydrogen-bond acceptors (Lipinski definition) is 8. The van der Waals surface area contributed by atoms with Crippen LogP contribution in [-0.4, -0.2) is 34.6 Å². The first kappa shape index (κ1) is 28.3. The quantitative estimate of drug-likeness (QED) is 0.181. The molecule has 0 saturated carbocycles. The topological polar surface area (TPSA) is 99.5 Å². The van der Waals surface area contributed by atoms with Gasteiger partial charge in [-0.2, -0.15) is 0 Å². The SMILES string of the molecule is CCCOc1ccc(-c2csc3ncn(CC(=O)Nc4scc(-c5ccc(C)cc5)c4C(=O)OCC)c(=O)c23)cc1. The Bertz CT molecular complexity index is 1750. The average molecular weight is 588 g/mol. The van der Waals surface area contributed by atoms with Crippen molar-refractivity contribution >= 4 is 49.8 Å². The summed E-state index contributed by atoms with van der Waals surface area (Å²) in [5.74, 6) is -0.206. The lowest BCUT2D eigenvalue weighted by molar-refractivity contribution is -0.116. The molecule has 0 bridgehead atoms. The number of fused-ring (bicyclic) bond motifs is 1. The van der Waals surface area contributed by atoms with Gasteiger partial charge >= 0.3 is 5.97 Å². The van der Waals surface area contributed by atoms with E-state index < -0.39 is 11.9 Å². The predicted molar refractivity (Wildman–Crippen MR) is 164 cm³/mol. The number of carbonyl (C=O) groups is 2. The highest BCUT2D eigenvalue weighted by molar-refractivity contribution is 7.17. The molecule has 1 amide bonds. The number of ether oxygens (including phenoxy) is 2. The maximum atomic E-state index is 13.5. The minimum atomic E-state index is -0.520. The fourth-order valence-corrected chi connectivity index (χ4v) is 6.25. The van der Waals surface area contributed by atoms with E-state index in [9.17, 15) is 14.4 Å². The second kappa shape index (κ2) is 12.5. The molecule has 0 unspecified atom stereocenters. The summed E-state index contributed by atoms with van der Waals surface area (Å²) in [6, 6.07) is 15.4. The zero-order chi connectivity index (χ0) is 28.9. The maximum Gasteiger partial charge on any atom is 0.341 e. The van der Waals surface area contributed by atoms with Crippen molar-refractivity contribution in [1.82, 2.24) is 9.55 Å². The third-order valence-electron chi connectivity index (χ3n) is 6.40. The summed E-state index contributed by atoms with van der Waals surface area (Å²) in [6.07, 6.45) is 2.30. The van der Waals surface area contributed by atoms with Crippen LogP contribution in [0.15, 0.2) is 70.4 Å². The fraction of sp³-hybridized carbons (Fsp3) is 0.226. The molecule has 0 fully saturated rings. The molecule has 2 aromatic carbocycles. The average Bonchev–Trinajstić information content (AvgIpc) is 3.59. The molecular formula is C31H29N3O5S2. The fourth-order valence-electron chi connectivity index (χ4n) is 4.37. The van der Waals surface area contributed by atoms with Crippen molar-refractivity contribution in [3.63, 3.8) is 0 Å². The van der Waals surface area contributed by atoms with E-state index in [2.05, 4.69) is 10.3 Å². The molecule has 3 aromatic heterocycles. The Labute approximate surface area is 245 Å². The van der Waals surface area contributed by atoms with Gasteiger partial charge < -0.3 is 14.8 Å². The Morgan fingerprint density at radius 2 is 1.63 bits per heavy atom. The molecular weight excluding hydrogens is 558 g/mol. The van der Waals surface area contributed by atoms with Crippen LogP contribution in [0.25, 0.3) is 32.5 Å². The van der Waals surface area contributed by atoms with Crippen LogP contribution >= 0.6 is 22.7 Å². The zero-order valence-corrected chi connectivity index (χ0v) is 24.6. The molecule has 10 heteroatoms. The van der Waals surface area contributed by atoms with E-state index in [4.69, 9.17) is 9.47 Å². The van der Waals surface area contributed by atoms with E-state index in [0.717, 1.165) is 34.4 Å². The summed E-state index contributed by atoms with van der Waals surface area (Å²) in [5, 5.41) is 7.36. The molecule has 5 rings (SSSR count). The van der Waals surface area contributed by atoms with Crippen LogP contribution in [0.3, 0.4) is 0 Å². The Kier molecular flexibility index (Phi) is 8.61. The van der Waals surface area contributed by atoms with Gasteiger partial charge in [0.25, 0.3) is 5.56 Å². The number of thiophene rings is 2. The highest BCUT2D eigenvalue weighted by Gasteiger charge is 2.23. The predicted octanol–water partition coefficient (Wildman–Crippen LogP) is 6.77. The van der Waals surface area contributed by atoms with Gasteiger partial charge in [-0.1, -0.05) is 48.9 Å². The van der Waals surface area contributed by atoms with Gasteiger partial charge in [-0.15, -0.1) is 22.7 Å². The number of esters is 1. The Balaban J connectivity index is 1.41. The van der Waals surface area contributed by atoms with E-state index in [1.54, 1.807) is 6.92 Å². The molecule has 0 aliphatic carbocycles. The largest absolute Gasteiger partial charge is 0.494 e. The molecule has 0 saturated heterocycles. The van der Waals surface area contributed by atoms with Crippen molar-refractivity contribution < 1.29 is 19.1 Å². The smallest absolute Gasteiger partial charge is 0.341 e. The first-order chi connectivity index (χ1) is 19.9. The van der Waals surface area contributed by atoms with E-state index in [1.807, 2.05) is 73.1 Å². The summed E-state index contributed by atoms with van der Waals surface area (Å²) in [5.41, 5.74) is 4.21. The van der Waals surface area contributed by atoms with Gasteiger partial charge in [-0.25, -0.2) is 9.78 Å². The number of rotatable bonds is 10. The zero-order valence-electron chi connectivity index (χ0n) is 22.9. The lowest BCUT2D eigenvalue weighted by Gasteiger charge is -2.10. The minimum absolute atomic E-state index is 0.202. The number of nitrogens with one attached hydrogen (secondary N) is 1. The van der Waals surface area contributed by atoms with Gasteiger partial charge in [-0.3, -0.25) is 14.2 Å². The van der Waals surface area contributed by atoms with Gasteiger partial charge in [0, 0.05) is 21.9 Å². The highest BCUT2D eigenvalue weighted by atomic mass is 32.1. The molecule has 0 aliphatic heterocycles. The standard InChI is InChI=1S/C31H29N3O5S2/c1-4-14-39-22-12-10-21(11-13-22)23-16-40-28-26(23)30(36)34(18-32-28)15-25(35)33-29-27(31(37)38-5-2)24(17-41-29)20-8-6-19(3)7-9-20/h6-13,16-18H,4-5,14-15H2,1-3H3,(H,33,35). The number of aromatic nitrogens is 2. The number of hydrogen-bond donors (Lipinski definition) is 1.